The second kappa shape index (κ2) is 6.84. The highest BCUT2D eigenvalue weighted by Gasteiger charge is 2.32. The molecule has 0 unspecified atom stereocenters. The van der Waals surface area contributed by atoms with Gasteiger partial charge in [0.15, 0.2) is 5.17 Å². The first kappa shape index (κ1) is 15.6. The summed E-state index contributed by atoms with van der Waals surface area (Å²) in [6.07, 6.45) is 1.92. The third-order valence-corrected chi connectivity index (χ3v) is 4.57. The van der Waals surface area contributed by atoms with Gasteiger partial charge in [-0.05, 0) is 49.4 Å². The number of aliphatic imine (C=N–C) groups is 1. The number of rotatable bonds is 3. The molecule has 1 aliphatic heterocycles. The minimum absolute atomic E-state index is 0.0206. The van der Waals surface area contributed by atoms with E-state index in [0.29, 0.717) is 11.4 Å². The number of amides is 1. The van der Waals surface area contributed by atoms with Crippen molar-refractivity contribution in [1.82, 2.24) is 4.90 Å². The van der Waals surface area contributed by atoms with Gasteiger partial charge in [-0.1, -0.05) is 48.0 Å². The molecule has 1 saturated heterocycles. The van der Waals surface area contributed by atoms with Crippen molar-refractivity contribution in [2.45, 2.75) is 13.8 Å². The van der Waals surface area contributed by atoms with Gasteiger partial charge in [-0.15, -0.1) is 0 Å². The van der Waals surface area contributed by atoms with Crippen molar-refractivity contribution < 1.29 is 4.79 Å². The normalized spacial score (nSPS) is 18.2. The van der Waals surface area contributed by atoms with Crippen LogP contribution in [0.4, 0.5) is 5.69 Å². The molecule has 0 aromatic heterocycles. The van der Waals surface area contributed by atoms with Gasteiger partial charge in [0.05, 0.1) is 10.6 Å². The number of nitrogens with zero attached hydrogens (tertiary/aromatic N) is 2. The van der Waals surface area contributed by atoms with Crippen molar-refractivity contribution in [3.05, 3.63) is 70.6 Å². The standard InChI is InChI=1S/C19H18N2OS/c1-3-21-18(22)17(13-15-7-5-4-6-8-15)23-19(21)20-16-11-9-14(2)10-12-16/h4-13H,3H2,1-2H3. The summed E-state index contributed by atoms with van der Waals surface area (Å²) in [6, 6.07) is 17.9. The van der Waals surface area contributed by atoms with Crippen molar-refractivity contribution in [3.8, 4) is 0 Å². The van der Waals surface area contributed by atoms with Crippen molar-refractivity contribution in [3.63, 3.8) is 0 Å². The summed E-state index contributed by atoms with van der Waals surface area (Å²) < 4.78 is 0. The van der Waals surface area contributed by atoms with Crippen LogP contribution in [0.1, 0.15) is 18.1 Å². The van der Waals surface area contributed by atoms with E-state index in [-0.39, 0.29) is 5.91 Å². The summed E-state index contributed by atoms with van der Waals surface area (Å²) >= 11 is 1.43. The maximum atomic E-state index is 12.6. The third-order valence-electron chi connectivity index (χ3n) is 3.56. The second-order valence-corrected chi connectivity index (χ2v) is 6.31. The molecule has 0 aliphatic carbocycles. The summed E-state index contributed by atoms with van der Waals surface area (Å²) in [5.74, 6) is 0.0206. The van der Waals surface area contributed by atoms with E-state index in [1.807, 2.05) is 74.5 Å². The molecule has 0 radical (unpaired) electrons. The average molecular weight is 322 g/mol. The summed E-state index contributed by atoms with van der Waals surface area (Å²) in [4.78, 5) is 19.6. The van der Waals surface area contributed by atoms with E-state index in [4.69, 9.17) is 0 Å². The number of amidine groups is 1. The van der Waals surface area contributed by atoms with Gasteiger partial charge in [0.2, 0.25) is 0 Å². The van der Waals surface area contributed by atoms with E-state index >= 15 is 0 Å². The Morgan fingerprint density at radius 1 is 1.09 bits per heavy atom. The fourth-order valence-corrected chi connectivity index (χ4v) is 3.36. The van der Waals surface area contributed by atoms with E-state index in [0.717, 1.165) is 16.4 Å². The first-order valence-corrected chi connectivity index (χ1v) is 8.41. The summed E-state index contributed by atoms with van der Waals surface area (Å²) in [6.45, 7) is 4.63. The number of benzene rings is 2. The minimum atomic E-state index is 0.0206. The lowest BCUT2D eigenvalue weighted by atomic mass is 10.2. The molecule has 0 saturated carbocycles. The Labute approximate surface area is 140 Å². The second-order valence-electron chi connectivity index (χ2n) is 5.30. The van der Waals surface area contributed by atoms with Crippen molar-refractivity contribution >= 4 is 34.6 Å². The molecule has 116 valence electrons. The number of carbonyl (C=O) groups excluding carboxylic acids is 1. The van der Waals surface area contributed by atoms with Crippen LogP contribution >= 0.6 is 11.8 Å². The highest BCUT2D eigenvalue weighted by molar-refractivity contribution is 8.18. The smallest absolute Gasteiger partial charge is 0.266 e. The first-order chi connectivity index (χ1) is 11.2. The lowest BCUT2D eigenvalue weighted by Crippen LogP contribution is -2.28. The molecule has 1 aliphatic rings. The van der Waals surface area contributed by atoms with Crippen LogP contribution in [0.15, 0.2) is 64.5 Å². The number of aryl methyl sites for hydroxylation is 1. The maximum Gasteiger partial charge on any atom is 0.266 e. The summed E-state index contributed by atoms with van der Waals surface area (Å²) in [5.41, 5.74) is 3.09. The lowest BCUT2D eigenvalue weighted by molar-refractivity contribution is -0.122. The molecule has 0 N–H and O–H groups in total. The van der Waals surface area contributed by atoms with Gasteiger partial charge in [-0.2, -0.15) is 0 Å². The molecule has 0 spiro atoms. The zero-order chi connectivity index (χ0) is 16.2. The number of likely N-dealkylation sites (N-methyl/N-ethyl adjacent to an activating group) is 1. The number of hydrogen-bond acceptors (Lipinski definition) is 3. The highest BCUT2D eigenvalue weighted by Crippen LogP contribution is 2.33. The van der Waals surface area contributed by atoms with E-state index < -0.39 is 0 Å². The molecule has 2 aromatic carbocycles. The molecule has 0 bridgehead atoms. The summed E-state index contributed by atoms with van der Waals surface area (Å²) in [5, 5.41) is 0.739. The lowest BCUT2D eigenvalue weighted by Gasteiger charge is -2.11. The molecule has 3 rings (SSSR count). The van der Waals surface area contributed by atoms with Gasteiger partial charge < -0.3 is 0 Å². The molecule has 2 aromatic rings. The Hall–Kier alpha value is -2.33. The molecular weight excluding hydrogens is 304 g/mol. The third kappa shape index (κ3) is 3.54. The van der Waals surface area contributed by atoms with Gasteiger partial charge >= 0.3 is 0 Å². The van der Waals surface area contributed by atoms with Crippen LogP contribution in [-0.4, -0.2) is 22.5 Å². The quantitative estimate of drug-likeness (QED) is 0.773. The van der Waals surface area contributed by atoms with Gasteiger partial charge in [0, 0.05) is 6.54 Å². The maximum absolute atomic E-state index is 12.6. The van der Waals surface area contributed by atoms with Crippen molar-refractivity contribution in [2.24, 2.45) is 4.99 Å². The first-order valence-electron chi connectivity index (χ1n) is 7.59. The topological polar surface area (TPSA) is 32.7 Å². The monoisotopic (exact) mass is 322 g/mol. The molecule has 4 heteroatoms. The van der Waals surface area contributed by atoms with E-state index in [2.05, 4.69) is 4.99 Å². The van der Waals surface area contributed by atoms with Crippen LogP contribution in [0.25, 0.3) is 6.08 Å². The SMILES string of the molecule is CCN1C(=O)C(=Cc2ccccc2)SC1=Nc1ccc(C)cc1. The van der Waals surface area contributed by atoms with Crippen LogP contribution in [0.5, 0.6) is 0 Å². The zero-order valence-electron chi connectivity index (χ0n) is 13.2. The van der Waals surface area contributed by atoms with Crippen molar-refractivity contribution in [2.75, 3.05) is 6.54 Å². The zero-order valence-corrected chi connectivity index (χ0v) is 14.0. The van der Waals surface area contributed by atoms with Gasteiger partial charge in [0.25, 0.3) is 5.91 Å². The van der Waals surface area contributed by atoms with E-state index in [9.17, 15) is 4.79 Å². The fourth-order valence-electron chi connectivity index (χ4n) is 2.30. The number of hydrogen-bond donors (Lipinski definition) is 0. The Balaban J connectivity index is 1.91. The van der Waals surface area contributed by atoms with Gasteiger partial charge in [-0.3, -0.25) is 9.69 Å². The number of carbonyl (C=O) groups is 1. The van der Waals surface area contributed by atoms with Gasteiger partial charge in [0.1, 0.15) is 0 Å². The molecule has 1 fully saturated rings. The predicted octanol–water partition coefficient (Wildman–Crippen LogP) is 4.62. The fraction of sp³-hybridized carbons (Fsp3) is 0.158. The average Bonchev–Trinajstić information content (AvgIpc) is 2.85. The van der Waals surface area contributed by atoms with Gasteiger partial charge in [-0.25, -0.2) is 4.99 Å². The van der Waals surface area contributed by atoms with E-state index in [1.54, 1.807) is 4.90 Å². The molecular formula is C19H18N2OS. The molecule has 1 heterocycles. The number of thioether (sulfide) groups is 1. The molecule has 1 amide bonds. The molecule has 23 heavy (non-hydrogen) atoms. The Morgan fingerprint density at radius 3 is 2.43 bits per heavy atom. The highest BCUT2D eigenvalue weighted by atomic mass is 32.2. The van der Waals surface area contributed by atoms with Crippen LogP contribution in [0.2, 0.25) is 0 Å². The van der Waals surface area contributed by atoms with Crippen LogP contribution in [0.3, 0.4) is 0 Å². The Bertz CT molecular complexity index is 764. The van der Waals surface area contributed by atoms with Crippen LogP contribution in [-0.2, 0) is 4.79 Å². The molecule has 3 nitrogen and oxygen atoms in total. The largest absolute Gasteiger partial charge is 0.287 e. The van der Waals surface area contributed by atoms with Crippen molar-refractivity contribution in [1.29, 1.82) is 0 Å². The minimum Gasteiger partial charge on any atom is -0.287 e. The summed E-state index contributed by atoms with van der Waals surface area (Å²) in [7, 11) is 0. The van der Waals surface area contributed by atoms with E-state index in [1.165, 1.54) is 17.3 Å². The predicted molar refractivity (Wildman–Crippen MR) is 97.7 cm³/mol. The Kier molecular flexibility index (Phi) is 4.63. The Morgan fingerprint density at radius 2 is 1.78 bits per heavy atom. The van der Waals surface area contributed by atoms with Crippen LogP contribution < -0.4 is 0 Å². The molecule has 0 atom stereocenters. The van der Waals surface area contributed by atoms with Crippen LogP contribution in [0, 0.1) is 6.92 Å².